The molecule has 1 unspecified atom stereocenters. The van der Waals surface area contributed by atoms with Crippen LogP contribution in [0.15, 0.2) is 28.8 Å². The van der Waals surface area contributed by atoms with Gasteiger partial charge in [-0.1, -0.05) is 49.4 Å². The minimum absolute atomic E-state index is 0.230. The number of nitrogens with zero attached hydrogens (tertiary/aromatic N) is 3. The van der Waals surface area contributed by atoms with Crippen LogP contribution in [0.3, 0.4) is 0 Å². The summed E-state index contributed by atoms with van der Waals surface area (Å²) < 4.78 is 18.7. The molecular formula is C20H26FN3O. The van der Waals surface area contributed by atoms with Crippen LogP contribution in [0.1, 0.15) is 55.8 Å². The smallest absolute Gasteiger partial charge is 0.240 e. The van der Waals surface area contributed by atoms with Gasteiger partial charge in [0.05, 0.1) is 6.54 Å². The summed E-state index contributed by atoms with van der Waals surface area (Å²) in [5.74, 6) is 2.84. The van der Waals surface area contributed by atoms with Crippen LogP contribution in [0.5, 0.6) is 0 Å². The van der Waals surface area contributed by atoms with Gasteiger partial charge in [0.15, 0.2) is 5.82 Å². The van der Waals surface area contributed by atoms with Crippen molar-refractivity contribution in [3.63, 3.8) is 0 Å². The van der Waals surface area contributed by atoms with Crippen molar-refractivity contribution in [3.8, 4) is 0 Å². The third kappa shape index (κ3) is 4.27. The molecule has 4 rings (SSSR count). The molecular weight excluding hydrogens is 317 g/mol. The lowest BCUT2D eigenvalue weighted by Gasteiger charge is -2.27. The number of hydrogen-bond donors (Lipinski definition) is 0. The standard InChI is InChI=1S/C20H26FN3O/c21-18-8-4-5-15(11-18)12-19-22-20(25-23-19)14-24-10-9-17(13-24)16-6-2-1-3-7-16/h4-5,8,11,16-17H,1-3,6-7,9-10,12-14H2. The Hall–Kier alpha value is -1.75. The van der Waals surface area contributed by atoms with Crippen molar-refractivity contribution in [1.29, 1.82) is 0 Å². The molecule has 134 valence electrons. The first-order valence-electron chi connectivity index (χ1n) is 9.54. The van der Waals surface area contributed by atoms with Crippen LogP contribution in [-0.4, -0.2) is 28.1 Å². The van der Waals surface area contributed by atoms with E-state index in [0.717, 1.165) is 37.0 Å². The Morgan fingerprint density at radius 1 is 1.12 bits per heavy atom. The van der Waals surface area contributed by atoms with Crippen molar-refractivity contribution in [2.75, 3.05) is 13.1 Å². The van der Waals surface area contributed by atoms with E-state index in [1.165, 1.54) is 50.7 Å². The van der Waals surface area contributed by atoms with Crippen molar-refractivity contribution < 1.29 is 8.91 Å². The van der Waals surface area contributed by atoms with E-state index in [1.54, 1.807) is 6.07 Å². The fraction of sp³-hybridized carbons (Fsp3) is 0.600. The maximum absolute atomic E-state index is 13.3. The van der Waals surface area contributed by atoms with Gasteiger partial charge in [-0.2, -0.15) is 4.98 Å². The molecule has 1 aromatic carbocycles. The average Bonchev–Trinajstić information content (AvgIpc) is 3.26. The Morgan fingerprint density at radius 3 is 2.84 bits per heavy atom. The third-order valence-electron chi connectivity index (χ3n) is 5.75. The molecule has 0 radical (unpaired) electrons. The van der Waals surface area contributed by atoms with Crippen LogP contribution < -0.4 is 0 Å². The lowest BCUT2D eigenvalue weighted by Crippen LogP contribution is -2.24. The van der Waals surface area contributed by atoms with E-state index in [9.17, 15) is 4.39 Å². The summed E-state index contributed by atoms with van der Waals surface area (Å²) in [5.41, 5.74) is 0.867. The Morgan fingerprint density at radius 2 is 2.00 bits per heavy atom. The number of likely N-dealkylation sites (tertiary alicyclic amines) is 1. The van der Waals surface area contributed by atoms with Gasteiger partial charge >= 0.3 is 0 Å². The zero-order valence-electron chi connectivity index (χ0n) is 14.7. The monoisotopic (exact) mass is 343 g/mol. The lowest BCUT2D eigenvalue weighted by molar-refractivity contribution is 0.220. The molecule has 1 aliphatic heterocycles. The number of benzene rings is 1. The highest BCUT2D eigenvalue weighted by Gasteiger charge is 2.30. The SMILES string of the molecule is Fc1cccc(Cc2noc(CN3CCC(C4CCCCC4)C3)n2)c1. The number of hydrogen-bond acceptors (Lipinski definition) is 4. The van der Waals surface area contributed by atoms with E-state index in [2.05, 4.69) is 15.0 Å². The fourth-order valence-corrected chi connectivity index (χ4v) is 4.44. The van der Waals surface area contributed by atoms with E-state index < -0.39 is 0 Å². The van der Waals surface area contributed by atoms with Crippen LogP contribution in [0.25, 0.3) is 0 Å². The minimum atomic E-state index is -0.230. The first-order valence-corrected chi connectivity index (χ1v) is 9.54. The van der Waals surface area contributed by atoms with Gasteiger partial charge in [0.2, 0.25) is 5.89 Å². The number of aromatic nitrogens is 2. The summed E-state index contributed by atoms with van der Waals surface area (Å²) in [7, 11) is 0. The minimum Gasteiger partial charge on any atom is -0.338 e. The van der Waals surface area contributed by atoms with E-state index in [0.29, 0.717) is 18.1 Å². The molecule has 1 aliphatic carbocycles. The van der Waals surface area contributed by atoms with Crippen molar-refractivity contribution in [1.82, 2.24) is 15.0 Å². The average molecular weight is 343 g/mol. The molecule has 2 heterocycles. The molecule has 0 spiro atoms. The molecule has 1 atom stereocenters. The van der Waals surface area contributed by atoms with Gasteiger partial charge in [0, 0.05) is 13.0 Å². The topological polar surface area (TPSA) is 42.2 Å². The molecule has 5 heteroatoms. The largest absolute Gasteiger partial charge is 0.338 e. The van der Waals surface area contributed by atoms with Crippen LogP contribution in [0.4, 0.5) is 4.39 Å². The zero-order chi connectivity index (χ0) is 17.1. The highest BCUT2D eigenvalue weighted by atomic mass is 19.1. The Labute approximate surface area is 148 Å². The van der Waals surface area contributed by atoms with E-state index in [-0.39, 0.29) is 5.82 Å². The summed E-state index contributed by atoms with van der Waals surface area (Å²) >= 11 is 0. The first-order chi connectivity index (χ1) is 12.3. The molecule has 25 heavy (non-hydrogen) atoms. The van der Waals surface area contributed by atoms with Crippen LogP contribution in [-0.2, 0) is 13.0 Å². The zero-order valence-corrected chi connectivity index (χ0v) is 14.7. The summed E-state index contributed by atoms with van der Waals surface area (Å²) in [6, 6.07) is 6.56. The lowest BCUT2D eigenvalue weighted by atomic mass is 9.80. The van der Waals surface area contributed by atoms with Crippen LogP contribution in [0.2, 0.25) is 0 Å². The second kappa shape index (κ2) is 7.65. The van der Waals surface area contributed by atoms with E-state index >= 15 is 0 Å². The Balaban J connectivity index is 1.31. The van der Waals surface area contributed by atoms with Crippen molar-refractivity contribution in [2.24, 2.45) is 11.8 Å². The molecule has 0 amide bonds. The second-order valence-corrected chi connectivity index (χ2v) is 7.59. The van der Waals surface area contributed by atoms with Gasteiger partial charge in [-0.15, -0.1) is 0 Å². The Kier molecular flexibility index (Phi) is 5.11. The van der Waals surface area contributed by atoms with Crippen molar-refractivity contribution >= 4 is 0 Å². The second-order valence-electron chi connectivity index (χ2n) is 7.59. The predicted octanol–water partition coefficient (Wildman–Crippen LogP) is 4.20. The van der Waals surface area contributed by atoms with E-state index in [4.69, 9.17) is 4.52 Å². The molecule has 2 fully saturated rings. The Bertz CT molecular complexity index is 696. The maximum Gasteiger partial charge on any atom is 0.240 e. The van der Waals surface area contributed by atoms with Crippen molar-refractivity contribution in [2.45, 2.75) is 51.5 Å². The normalized spacial score (nSPS) is 22.5. The van der Waals surface area contributed by atoms with Gasteiger partial charge in [-0.05, 0) is 42.5 Å². The van der Waals surface area contributed by atoms with E-state index in [1.807, 2.05) is 6.07 Å². The molecule has 4 nitrogen and oxygen atoms in total. The fourth-order valence-electron chi connectivity index (χ4n) is 4.44. The summed E-state index contributed by atoms with van der Waals surface area (Å²) in [6.07, 6.45) is 8.88. The first kappa shape index (κ1) is 16.7. The molecule has 2 aliphatic rings. The van der Waals surface area contributed by atoms with Gasteiger partial charge in [0.25, 0.3) is 0 Å². The van der Waals surface area contributed by atoms with Gasteiger partial charge in [-0.3, -0.25) is 4.90 Å². The number of halogens is 1. The molecule has 0 bridgehead atoms. The van der Waals surface area contributed by atoms with Gasteiger partial charge < -0.3 is 4.52 Å². The maximum atomic E-state index is 13.3. The molecule has 1 saturated heterocycles. The summed E-state index contributed by atoms with van der Waals surface area (Å²) in [6.45, 7) is 3.02. The highest BCUT2D eigenvalue weighted by molar-refractivity contribution is 5.19. The molecule has 0 N–H and O–H groups in total. The third-order valence-corrected chi connectivity index (χ3v) is 5.75. The highest BCUT2D eigenvalue weighted by Crippen LogP contribution is 2.35. The molecule has 1 aromatic heterocycles. The van der Waals surface area contributed by atoms with Gasteiger partial charge in [-0.25, -0.2) is 4.39 Å². The van der Waals surface area contributed by atoms with Gasteiger partial charge in [0.1, 0.15) is 5.82 Å². The van der Waals surface area contributed by atoms with Crippen LogP contribution >= 0.6 is 0 Å². The predicted molar refractivity (Wildman–Crippen MR) is 93.5 cm³/mol. The molecule has 1 saturated carbocycles. The summed E-state index contributed by atoms with van der Waals surface area (Å²) in [5, 5.41) is 4.06. The quantitative estimate of drug-likeness (QED) is 0.816. The number of rotatable bonds is 5. The van der Waals surface area contributed by atoms with Crippen molar-refractivity contribution in [3.05, 3.63) is 47.4 Å². The summed E-state index contributed by atoms with van der Waals surface area (Å²) in [4.78, 5) is 6.94. The van der Waals surface area contributed by atoms with Crippen LogP contribution in [0, 0.1) is 17.7 Å². The molecule has 2 aromatic rings.